The highest BCUT2D eigenvalue weighted by Crippen LogP contribution is 2.32. The van der Waals surface area contributed by atoms with Gasteiger partial charge in [0.1, 0.15) is 5.76 Å². The zero-order chi connectivity index (χ0) is 14.9. The van der Waals surface area contributed by atoms with Crippen LogP contribution in [0.25, 0.3) is 0 Å². The molecule has 3 N–H and O–H groups in total. The Morgan fingerprint density at radius 2 is 2.05 bits per heavy atom. The van der Waals surface area contributed by atoms with Crippen LogP contribution in [0.15, 0.2) is 28.8 Å². The van der Waals surface area contributed by atoms with Crippen molar-refractivity contribution in [3.63, 3.8) is 0 Å². The number of benzene rings is 1. The summed E-state index contributed by atoms with van der Waals surface area (Å²) >= 11 is 0. The standard InChI is InChI=1S/C12H10F3N3O2/c1-6-4-10(18-20-6)11(19)17-9-3-2-7(5-8(9)16)12(13,14)15/h2-5H,16H2,1H3,(H,17,19). The van der Waals surface area contributed by atoms with E-state index in [1.807, 2.05) is 0 Å². The number of nitrogens with two attached hydrogens (primary N) is 1. The second-order valence-corrected chi connectivity index (χ2v) is 4.08. The molecule has 8 heteroatoms. The van der Waals surface area contributed by atoms with Gasteiger partial charge in [0.2, 0.25) is 0 Å². The molecule has 0 fully saturated rings. The Morgan fingerprint density at radius 3 is 2.55 bits per heavy atom. The van der Waals surface area contributed by atoms with E-state index in [-0.39, 0.29) is 17.1 Å². The van der Waals surface area contributed by atoms with E-state index >= 15 is 0 Å². The molecule has 0 spiro atoms. The van der Waals surface area contributed by atoms with E-state index in [1.54, 1.807) is 6.92 Å². The molecule has 2 rings (SSSR count). The summed E-state index contributed by atoms with van der Waals surface area (Å²) in [7, 11) is 0. The van der Waals surface area contributed by atoms with Crippen molar-refractivity contribution in [1.82, 2.24) is 5.16 Å². The minimum atomic E-state index is -4.49. The Kier molecular flexibility index (Phi) is 3.39. The predicted molar refractivity (Wildman–Crippen MR) is 65.0 cm³/mol. The first kappa shape index (κ1) is 13.9. The molecule has 0 bridgehead atoms. The van der Waals surface area contributed by atoms with Crippen LogP contribution in [0.5, 0.6) is 0 Å². The average molecular weight is 285 g/mol. The van der Waals surface area contributed by atoms with Gasteiger partial charge in [-0.1, -0.05) is 5.16 Å². The molecule has 20 heavy (non-hydrogen) atoms. The van der Waals surface area contributed by atoms with Gasteiger partial charge >= 0.3 is 6.18 Å². The van der Waals surface area contributed by atoms with Crippen LogP contribution in [-0.2, 0) is 6.18 Å². The summed E-state index contributed by atoms with van der Waals surface area (Å²) in [5.41, 5.74) is 4.51. The van der Waals surface area contributed by atoms with Crippen molar-refractivity contribution >= 4 is 17.3 Å². The number of hydrogen-bond donors (Lipinski definition) is 2. The number of anilines is 2. The number of halogens is 3. The third kappa shape index (κ3) is 2.90. The number of nitrogens with one attached hydrogen (secondary N) is 1. The van der Waals surface area contributed by atoms with Crippen molar-refractivity contribution in [2.45, 2.75) is 13.1 Å². The lowest BCUT2D eigenvalue weighted by molar-refractivity contribution is -0.137. The second kappa shape index (κ2) is 4.87. The van der Waals surface area contributed by atoms with E-state index in [4.69, 9.17) is 10.3 Å². The summed E-state index contributed by atoms with van der Waals surface area (Å²) < 4.78 is 42.1. The van der Waals surface area contributed by atoms with Crippen LogP contribution >= 0.6 is 0 Å². The minimum Gasteiger partial charge on any atom is -0.397 e. The number of amides is 1. The van der Waals surface area contributed by atoms with Gasteiger partial charge in [0.25, 0.3) is 5.91 Å². The Labute approximate surface area is 111 Å². The lowest BCUT2D eigenvalue weighted by Gasteiger charge is -2.11. The predicted octanol–water partition coefficient (Wildman–Crippen LogP) is 2.84. The summed E-state index contributed by atoms with van der Waals surface area (Å²) in [6, 6.07) is 4.07. The Bertz CT molecular complexity index is 650. The van der Waals surface area contributed by atoms with E-state index in [9.17, 15) is 18.0 Å². The van der Waals surface area contributed by atoms with Gasteiger partial charge in [-0.15, -0.1) is 0 Å². The van der Waals surface area contributed by atoms with Gasteiger partial charge < -0.3 is 15.6 Å². The first-order chi connectivity index (χ1) is 9.27. The highest BCUT2D eigenvalue weighted by atomic mass is 19.4. The maximum Gasteiger partial charge on any atom is 0.416 e. The maximum atomic E-state index is 12.5. The number of carbonyl (C=O) groups excluding carboxylic acids is 1. The van der Waals surface area contributed by atoms with Gasteiger partial charge in [0, 0.05) is 6.07 Å². The molecule has 1 amide bonds. The van der Waals surface area contributed by atoms with Gasteiger partial charge in [0.15, 0.2) is 5.69 Å². The van der Waals surface area contributed by atoms with E-state index < -0.39 is 17.6 Å². The molecule has 0 saturated carbocycles. The number of carbonyl (C=O) groups is 1. The highest BCUT2D eigenvalue weighted by molar-refractivity contribution is 6.04. The van der Waals surface area contributed by atoms with Crippen molar-refractivity contribution < 1.29 is 22.5 Å². The largest absolute Gasteiger partial charge is 0.416 e. The summed E-state index contributed by atoms with van der Waals surface area (Å²) in [6.07, 6.45) is -4.49. The molecule has 0 unspecified atom stereocenters. The zero-order valence-electron chi connectivity index (χ0n) is 10.3. The van der Waals surface area contributed by atoms with Crippen LogP contribution in [0.2, 0.25) is 0 Å². The first-order valence-electron chi connectivity index (χ1n) is 5.49. The topological polar surface area (TPSA) is 81.2 Å². The fourth-order valence-electron chi connectivity index (χ4n) is 1.51. The van der Waals surface area contributed by atoms with Crippen molar-refractivity contribution in [1.29, 1.82) is 0 Å². The van der Waals surface area contributed by atoms with Gasteiger partial charge in [-0.2, -0.15) is 13.2 Å². The molecule has 1 heterocycles. The Balaban J connectivity index is 2.20. The van der Waals surface area contributed by atoms with E-state index in [0.29, 0.717) is 5.76 Å². The number of hydrogen-bond acceptors (Lipinski definition) is 4. The van der Waals surface area contributed by atoms with Crippen LogP contribution in [0.1, 0.15) is 21.8 Å². The number of nitrogen functional groups attached to an aromatic ring is 1. The quantitative estimate of drug-likeness (QED) is 0.831. The normalized spacial score (nSPS) is 11.4. The number of rotatable bonds is 2. The lowest BCUT2D eigenvalue weighted by atomic mass is 10.1. The zero-order valence-corrected chi connectivity index (χ0v) is 10.3. The fourth-order valence-corrected chi connectivity index (χ4v) is 1.51. The van der Waals surface area contributed by atoms with Gasteiger partial charge in [0.05, 0.1) is 16.9 Å². The van der Waals surface area contributed by atoms with Crippen LogP contribution in [0.4, 0.5) is 24.5 Å². The molecule has 2 aromatic rings. The number of nitrogens with zero attached hydrogens (tertiary/aromatic N) is 1. The number of aromatic nitrogens is 1. The Hall–Kier alpha value is -2.51. The van der Waals surface area contributed by atoms with E-state index in [2.05, 4.69) is 10.5 Å². The molecule has 0 saturated heterocycles. The average Bonchev–Trinajstić information content (AvgIpc) is 2.77. The summed E-state index contributed by atoms with van der Waals surface area (Å²) in [6.45, 7) is 1.61. The molecular formula is C12H10F3N3O2. The lowest BCUT2D eigenvalue weighted by Crippen LogP contribution is -2.14. The molecule has 0 aliphatic rings. The summed E-state index contributed by atoms with van der Waals surface area (Å²) in [5.74, 6) is -0.177. The maximum absolute atomic E-state index is 12.5. The monoisotopic (exact) mass is 285 g/mol. The van der Waals surface area contributed by atoms with Crippen LogP contribution in [-0.4, -0.2) is 11.1 Å². The smallest absolute Gasteiger partial charge is 0.397 e. The third-order valence-corrected chi connectivity index (χ3v) is 2.49. The Morgan fingerprint density at radius 1 is 1.35 bits per heavy atom. The fraction of sp³-hybridized carbons (Fsp3) is 0.167. The molecule has 106 valence electrons. The SMILES string of the molecule is Cc1cc(C(=O)Nc2ccc(C(F)(F)F)cc2N)no1. The molecular weight excluding hydrogens is 275 g/mol. The van der Waals surface area contributed by atoms with Gasteiger partial charge in [-0.25, -0.2) is 0 Å². The van der Waals surface area contributed by atoms with Crippen molar-refractivity contribution in [3.8, 4) is 0 Å². The van der Waals surface area contributed by atoms with Gasteiger partial charge in [-0.05, 0) is 25.1 Å². The van der Waals surface area contributed by atoms with E-state index in [1.165, 1.54) is 6.07 Å². The van der Waals surface area contributed by atoms with Crippen LogP contribution in [0.3, 0.4) is 0 Å². The first-order valence-corrected chi connectivity index (χ1v) is 5.49. The molecule has 5 nitrogen and oxygen atoms in total. The number of aryl methyl sites for hydroxylation is 1. The molecule has 0 aliphatic carbocycles. The van der Waals surface area contributed by atoms with Crippen molar-refractivity contribution in [2.24, 2.45) is 0 Å². The summed E-state index contributed by atoms with van der Waals surface area (Å²) in [4.78, 5) is 11.8. The minimum absolute atomic E-state index is 0.0156. The molecule has 0 atom stereocenters. The highest BCUT2D eigenvalue weighted by Gasteiger charge is 2.30. The summed E-state index contributed by atoms with van der Waals surface area (Å²) in [5, 5.41) is 5.86. The third-order valence-electron chi connectivity index (χ3n) is 2.49. The van der Waals surface area contributed by atoms with Crippen molar-refractivity contribution in [3.05, 3.63) is 41.3 Å². The molecule has 1 aromatic carbocycles. The number of alkyl halides is 3. The van der Waals surface area contributed by atoms with Crippen LogP contribution < -0.4 is 11.1 Å². The molecule has 0 aliphatic heterocycles. The van der Waals surface area contributed by atoms with Gasteiger partial charge in [-0.3, -0.25) is 4.79 Å². The van der Waals surface area contributed by atoms with E-state index in [0.717, 1.165) is 18.2 Å². The second-order valence-electron chi connectivity index (χ2n) is 4.08. The molecule has 1 aromatic heterocycles. The van der Waals surface area contributed by atoms with Crippen molar-refractivity contribution in [2.75, 3.05) is 11.1 Å². The van der Waals surface area contributed by atoms with Crippen LogP contribution in [0, 0.1) is 6.92 Å². The molecule has 0 radical (unpaired) electrons.